The Labute approximate surface area is 186 Å². The highest BCUT2D eigenvalue weighted by Gasteiger charge is 2.12. The molecule has 1 heterocycles. The van der Waals surface area contributed by atoms with Gasteiger partial charge in [0.1, 0.15) is 11.6 Å². The molecule has 0 aliphatic heterocycles. The number of halogens is 2. The summed E-state index contributed by atoms with van der Waals surface area (Å²) in [5, 5.41) is 1.21. The van der Waals surface area contributed by atoms with Gasteiger partial charge < -0.3 is 4.74 Å². The third-order valence-electron chi connectivity index (χ3n) is 4.50. The lowest BCUT2D eigenvalue weighted by atomic mass is 10.2. The van der Waals surface area contributed by atoms with E-state index in [1.807, 2.05) is 78.9 Å². The van der Waals surface area contributed by atoms with Gasteiger partial charge in [0.05, 0.1) is 23.7 Å². The number of rotatable bonds is 4. The molecule has 0 saturated heterocycles. The van der Waals surface area contributed by atoms with Crippen molar-refractivity contribution in [1.82, 2.24) is 9.55 Å². The van der Waals surface area contributed by atoms with E-state index >= 15 is 0 Å². The van der Waals surface area contributed by atoms with Gasteiger partial charge in [-0.1, -0.05) is 29.8 Å². The van der Waals surface area contributed by atoms with Crippen LogP contribution in [0.2, 0.25) is 5.02 Å². The van der Waals surface area contributed by atoms with E-state index in [2.05, 4.69) is 22.6 Å². The Morgan fingerprint density at radius 1 is 1.03 bits per heavy atom. The Kier molecular flexibility index (Phi) is 5.69. The Balaban J connectivity index is 1.95. The van der Waals surface area contributed by atoms with E-state index in [0.29, 0.717) is 27.4 Å². The largest absolute Gasteiger partial charge is 0.497 e. The van der Waals surface area contributed by atoms with E-state index in [1.54, 1.807) is 11.7 Å². The second-order valence-corrected chi connectivity index (χ2v) is 7.98. The van der Waals surface area contributed by atoms with Crippen molar-refractivity contribution in [3.05, 3.63) is 97.1 Å². The Morgan fingerprint density at radius 3 is 2.52 bits per heavy atom. The van der Waals surface area contributed by atoms with Crippen molar-refractivity contribution in [2.75, 3.05) is 7.11 Å². The normalized spacial score (nSPS) is 11.3. The summed E-state index contributed by atoms with van der Waals surface area (Å²) >= 11 is 8.47. The van der Waals surface area contributed by atoms with Gasteiger partial charge in [0.15, 0.2) is 0 Å². The Hall–Kier alpha value is -2.64. The molecule has 29 heavy (non-hydrogen) atoms. The van der Waals surface area contributed by atoms with E-state index in [-0.39, 0.29) is 5.56 Å². The molecule has 144 valence electrons. The fraction of sp³-hybridized carbons (Fsp3) is 0.0435. The second-order valence-electron chi connectivity index (χ2n) is 6.32. The molecular formula is C23H16ClIN2O2. The predicted molar refractivity (Wildman–Crippen MR) is 127 cm³/mol. The van der Waals surface area contributed by atoms with Crippen molar-refractivity contribution in [1.29, 1.82) is 0 Å². The van der Waals surface area contributed by atoms with Crippen LogP contribution in [0.25, 0.3) is 28.7 Å². The SMILES string of the molecule is COc1ccc(-n2c(C=Cc3ccccc3Cl)nc3ccc(I)cc3c2=O)cc1. The molecule has 0 unspecified atom stereocenters. The Morgan fingerprint density at radius 2 is 1.79 bits per heavy atom. The zero-order valence-electron chi connectivity index (χ0n) is 15.5. The first kappa shape index (κ1) is 19.7. The summed E-state index contributed by atoms with van der Waals surface area (Å²) in [7, 11) is 1.61. The van der Waals surface area contributed by atoms with Crippen LogP contribution in [0.1, 0.15) is 11.4 Å². The third kappa shape index (κ3) is 4.06. The number of fused-ring (bicyclic) bond motifs is 1. The van der Waals surface area contributed by atoms with E-state index in [1.165, 1.54) is 0 Å². The topological polar surface area (TPSA) is 44.1 Å². The molecule has 0 atom stereocenters. The Bertz CT molecular complexity index is 1280. The number of nitrogens with zero attached hydrogens (tertiary/aromatic N) is 2. The van der Waals surface area contributed by atoms with Crippen molar-refractivity contribution in [3.63, 3.8) is 0 Å². The fourth-order valence-electron chi connectivity index (χ4n) is 3.04. The van der Waals surface area contributed by atoms with Gasteiger partial charge in [0.2, 0.25) is 0 Å². The first-order valence-electron chi connectivity index (χ1n) is 8.86. The van der Waals surface area contributed by atoms with Crippen molar-refractivity contribution >= 4 is 57.2 Å². The number of benzene rings is 3. The number of methoxy groups -OCH3 is 1. The molecule has 0 spiro atoms. The molecule has 4 aromatic rings. The molecule has 6 heteroatoms. The quantitative estimate of drug-likeness (QED) is 0.322. The van der Waals surface area contributed by atoms with Gasteiger partial charge in [-0.3, -0.25) is 9.36 Å². The number of hydrogen-bond donors (Lipinski definition) is 0. The van der Waals surface area contributed by atoms with E-state index in [9.17, 15) is 4.79 Å². The first-order valence-corrected chi connectivity index (χ1v) is 10.3. The molecular weight excluding hydrogens is 499 g/mol. The van der Waals surface area contributed by atoms with Crippen LogP contribution in [0.4, 0.5) is 0 Å². The summed E-state index contributed by atoms with van der Waals surface area (Å²) in [5.41, 5.74) is 2.09. The van der Waals surface area contributed by atoms with Crippen LogP contribution < -0.4 is 10.3 Å². The summed E-state index contributed by atoms with van der Waals surface area (Å²) in [6.07, 6.45) is 3.67. The molecule has 4 nitrogen and oxygen atoms in total. The van der Waals surface area contributed by atoms with E-state index in [4.69, 9.17) is 21.3 Å². The molecule has 0 aliphatic rings. The van der Waals surface area contributed by atoms with Crippen LogP contribution >= 0.6 is 34.2 Å². The van der Waals surface area contributed by atoms with Crippen LogP contribution in [0.3, 0.4) is 0 Å². The van der Waals surface area contributed by atoms with Gasteiger partial charge in [0, 0.05) is 8.59 Å². The molecule has 1 aromatic heterocycles. The van der Waals surface area contributed by atoms with Crippen LogP contribution in [-0.2, 0) is 0 Å². The molecule has 3 aromatic carbocycles. The van der Waals surface area contributed by atoms with Crippen LogP contribution in [0, 0.1) is 3.57 Å². The van der Waals surface area contributed by atoms with Gasteiger partial charge >= 0.3 is 0 Å². The predicted octanol–water partition coefficient (Wildman–Crippen LogP) is 5.82. The average Bonchev–Trinajstić information content (AvgIpc) is 2.74. The van der Waals surface area contributed by atoms with Gasteiger partial charge in [-0.05, 0) is 88.8 Å². The fourth-order valence-corrected chi connectivity index (χ4v) is 3.73. The summed E-state index contributed by atoms with van der Waals surface area (Å²) in [6.45, 7) is 0. The maximum absolute atomic E-state index is 13.4. The smallest absolute Gasteiger partial charge is 0.266 e. The first-order chi connectivity index (χ1) is 14.1. The molecule has 0 aliphatic carbocycles. The van der Waals surface area contributed by atoms with E-state index in [0.717, 1.165) is 14.9 Å². The standard InChI is InChI=1S/C23H16ClIN2O2/c1-29-18-10-8-17(9-11-18)27-22(13-6-15-4-2-3-5-20(15)24)26-21-12-7-16(25)14-19(21)23(27)28/h2-14H,1H3. The molecule has 0 radical (unpaired) electrons. The molecule has 0 amide bonds. The monoisotopic (exact) mass is 514 g/mol. The van der Waals surface area contributed by atoms with Gasteiger partial charge in [0.25, 0.3) is 5.56 Å². The molecule has 0 bridgehead atoms. The van der Waals surface area contributed by atoms with Crippen molar-refractivity contribution in [3.8, 4) is 11.4 Å². The summed E-state index contributed by atoms with van der Waals surface area (Å²) in [5.74, 6) is 1.24. The van der Waals surface area contributed by atoms with Crippen LogP contribution in [0.15, 0.2) is 71.5 Å². The minimum Gasteiger partial charge on any atom is -0.497 e. The highest BCUT2D eigenvalue weighted by atomic mass is 127. The number of aromatic nitrogens is 2. The number of hydrogen-bond acceptors (Lipinski definition) is 3. The molecule has 0 fully saturated rings. The maximum Gasteiger partial charge on any atom is 0.266 e. The van der Waals surface area contributed by atoms with Gasteiger partial charge in [-0.15, -0.1) is 0 Å². The van der Waals surface area contributed by atoms with Crippen LogP contribution in [-0.4, -0.2) is 16.7 Å². The summed E-state index contributed by atoms with van der Waals surface area (Å²) in [6, 6.07) is 20.5. The zero-order valence-corrected chi connectivity index (χ0v) is 18.4. The van der Waals surface area contributed by atoms with Crippen LogP contribution in [0.5, 0.6) is 5.75 Å². The number of ether oxygens (including phenoxy) is 1. The average molecular weight is 515 g/mol. The lowest BCUT2D eigenvalue weighted by Crippen LogP contribution is -2.22. The van der Waals surface area contributed by atoms with Crippen molar-refractivity contribution in [2.24, 2.45) is 0 Å². The van der Waals surface area contributed by atoms with Gasteiger partial charge in [-0.25, -0.2) is 4.98 Å². The van der Waals surface area contributed by atoms with Gasteiger partial charge in [-0.2, -0.15) is 0 Å². The summed E-state index contributed by atoms with van der Waals surface area (Å²) < 4.78 is 7.82. The zero-order chi connectivity index (χ0) is 20.4. The third-order valence-corrected chi connectivity index (χ3v) is 5.52. The maximum atomic E-state index is 13.4. The molecule has 0 saturated carbocycles. The minimum absolute atomic E-state index is 0.127. The minimum atomic E-state index is -0.127. The van der Waals surface area contributed by atoms with Crippen molar-refractivity contribution < 1.29 is 4.74 Å². The molecule has 4 rings (SSSR count). The lowest BCUT2D eigenvalue weighted by Gasteiger charge is -2.12. The van der Waals surface area contributed by atoms with E-state index < -0.39 is 0 Å². The highest BCUT2D eigenvalue weighted by molar-refractivity contribution is 14.1. The summed E-state index contributed by atoms with van der Waals surface area (Å²) in [4.78, 5) is 18.1. The lowest BCUT2D eigenvalue weighted by molar-refractivity contribution is 0.414. The second kappa shape index (κ2) is 8.39. The molecule has 0 N–H and O–H groups in total. The van der Waals surface area contributed by atoms with Crippen molar-refractivity contribution in [2.45, 2.75) is 0 Å². The highest BCUT2D eigenvalue weighted by Crippen LogP contribution is 2.21.